The number of ether oxygens (including phenoxy) is 1. The van der Waals surface area contributed by atoms with Crippen LogP contribution < -0.4 is 15.0 Å². The third kappa shape index (κ3) is 3.30. The van der Waals surface area contributed by atoms with Crippen LogP contribution in [0.15, 0.2) is 28.1 Å². The molecule has 3 aliphatic heterocycles. The smallest absolute Gasteiger partial charge is 0.422 e. The molecule has 2 atom stereocenters. The van der Waals surface area contributed by atoms with E-state index in [1.54, 1.807) is 11.6 Å². The predicted octanol–water partition coefficient (Wildman–Crippen LogP) is 4.04. The number of halogens is 3. The number of oxazole rings is 1. The molecule has 0 saturated carbocycles. The molecule has 1 aromatic carbocycles. The minimum atomic E-state index is -4.81. The van der Waals surface area contributed by atoms with Crippen LogP contribution in [0.4, 0.5) is 19.2 Å². The van der Waals surface area contributed by atoms with Crippen molar-refractivity contribution >= 4 is 28.5 Å². The minimum absolute atomic E-state index is 0.0598. The maximum atomic E-state index is 12.9. The molecule has 2 unspecified atom stereocenters. The van der Waals surface area contributed by atoms with Gasteiger partial charge in [0.1, 0.15) is 5.01 Å². The summed E-state index contributed by atoms with van der Waals surface area (Å²) in [7, 11) is 0. The first-order valence-corrected chi connectivity index (χ1v) is 9.92. The Bertz CT molecular complexity index is 967. The SMILES string of the molecule is FC(F)(F)Oc1ccc(-c2nccs2)c2oc(N3CC4CCC(C3)NC4)nc12. The van der Waals surface area contributed by atoms with E-state index in [0.717, 1.165) is 25.9 Å². The molecule has 148 valence electrons. The molecule has 0 spiro atoms. The van der Waals surface area contributed by atoms with Gasteiger partial charge >= 0.3 is 6.36 Å². The maximum absolute atomic E-state index is 12.9. The van der Waals surface area contributed by atoms with Gasteiger partial charge in [-0.3, -0.25) is 0 Å². The second-order valence-corrected chi connectivity index (χ2v) is 8.02. The average molecular weight is 410 g/mol. The summed E-state index contributed by atoms with van der Waals surface area (Å²) in [6, 6.07) is 3.46. The third-order valence-electron chi connectivity index (χ3n) is 5.19. The first kappa shape index (κ1) is 17.7. The summed E-state index contributed by atoms with van der Waals surface area (Å²) in [5.41, 5.74) is 0.926. The Kier molecular flexibility index (Phi) is 4.20. The van der Waals surface area contributed by atoms with Crippen LogP contribution in [0, 0.1) is 5.92 Å². The molecular weight excluding hydrogens is 393 g/mol. The van der Waals surface area contributed by atoms with Gasteiger partial charge in [0.05, 0.1) is 5.56 Å². The first-order chi connectivity index (χ1) is 13.5. The molecule has 2 bridgehead atoms. The summed E-state index contributed by atoms with van der Waals surface area (Å²) in [6.07, 6.45) is -0.961. The highest BCUT2D eigenvalue weighted by molar-refractivity contribution is 7.13. The lowest BCUT2D eigenvalue weighted by atomic mass is 9.97. The molecule has 2 aromatic heterocycles. The number of fused-ring (bicyclic) bond motifs is 5. The van der Waals surface area contributed by atoms with Gasteiger partial charge in [-0.2, -0.15) is 4.98 Å². The molecular formula is C18H17F3N4O2S. The van der Waals surface area contributed by atoms with E-state index in [-0.39, 0.29) is 16.8 Å². The van der Waals surface area contributed by atoms with E-state index in [4.69, 9.17) is 4.42 Å². The molecule has 0 radical (unpaired) electrons. The van der Waals surface area contributed by atoms with Crippen LogP contribution in [0.1, 0.15) is 12.8 Å². The van der Waals surface area contributed by atoms with Gasteiger partial charge in [0.25, 0.3) is 6.01 Å². The average Bonchev–Trinajstić information content (AvgIpc) is 3.24. The lowest BCUT2D eigenvalue weighted by Crippen LogP contribution is -2.39. The molecule has 1 N–H and O–H groups in total. The van der Waals surface area contributed by atoms with E-state index in [2.05, 4.69) is 20.0 Å². The van der Waals surface area contributed by atoms with Gasteiger partial charge < -0.3 is 19.4 Å². The van der Waals surface area contributed by atoms with E-state index >= 15 is 0 Å². The topological polar surface area (TPSA) is 63.4 Å². The third-order valence-corrected chi connectivity index (χ3v) is 6.00. The molecule has 3 aromatic rings. The number of rotatable bonds is 3. The lowest BCUT2D eigenvalue weighted by molar-refractivity contribution is -0.274. The van der Waals surface area contributed by atoms with E-state index in [0.29, 0.717) is 35.1 Å². The molecule has 3 fully saturated rings. The summed E-state index contributed by atoms with van der Waals surface area (Å²) in [4.78, 5) is 10.7. The Balaban J connectivity index is 1.61. The number of nitrogens with zero attached hydrogens (tertiary/aromatic N) is 3. The zero-order chi connectivity index (χ0) is 19.3. The summed E-state index contributed by atoms with van der Waals surface area (Å²) in [5, 5.41) is 5.96. The zero-order valence-corrected chi connectivity index (χ0v) is 15.5. The highest BCUT2D eigenvalue weighted by atomic mass is 32.1. The first-order valence-electron chi connectivity index (χ1n) is 9.04. The number of hydrogen-bond acceptors (Lipinski definition) is 7. The van der Waals surface area contributed by atoms with Crippen molar-refractivity contribution < 1.29 is 22.3 Å². The largest absolute Gasteiger partial charge is 0.573 e. The van der Waals surface area contributed by atoms with Crippen LogP contribution in [0.2, 0.25) is 0 Å². The van der Waals surface area contributed by atoms with Crippen molar-refractivity contribution in [2.24, 2.45) is 5.92 Å². The summed E-state index contributed by atoms with van der Waals surface area (Å²) < 4.78 is 48.8. The number of hydrogen-bond donors (Lipinski definition) is 1. The van der Waals surface area contributed by atoms with Crippen molar-refractivity contribution in [1.29, 1.82) is 0 Å². The van der Waals surface area contributed by atoms with Gasteiger partial charge in [-0.1, -0.05) is 0 Å². The normalized spacial score (nSPS) is 22.6. The van der Waals surface area contributed by atoms with Crippen molar-refractivity contribution in [3.63, 3.8) is 0 Å². The number of alkyl halides is 3. The number of aromatic nitrogens is 2. The number of benzene rings is 1. The Morgan fingerprint density at radius 1 is 1.25 bits per heavy atom. The van der Waals surface area contributed by atoms with Gasteiger partial charge in [0.15, 0.2) is 16.8 Å². The van der Waals surface area contributed by atoms with Crippen molar-refractivity contribution in [1.82, 2.24) is 15.3 Å². The van der Waals surface area contributed by atoms with E-state index in [9.17, 15) is 13.2 Å². The van der Waals surface area contributed by atoms with Crippen LogP contribution in [-0.2, 0) is 0 Å². The van der Waals surface area contributed by atoms with Gasteiger partial charge in [0, 0.05) is 30.7 Å². The van der Waals surface area contributed by atoms with Gasteiger partial charge in [0.2, 0.25) is 0 Å². The zero-order valence-electron chi connectivity index (χ0n) is 14.7. The molecule has 0 amide bonds. The molecule has 3 aliphatic rings. The number of nitrogens with one attached hydrogen (secondary N) is 1. The molecule has 28 heavy (non-hydrogen) atoms. The second-order valence-electron chi connectivity index (χ2n) is 7.12. The van der Waals surface area contributed by atoms with Crippen molar-refractivity contribution in [3.05, 3.63) is 23.7 Å². The standard InChI is InChI=1S/C18H17F3N4O2S/c19-18(20,21)27-13-4-3-12(16-22-5-6-28-16)15-14(13)24-17(26-15)25-8-10-1-2-11(9-25)23-7-10/h3-6,10-11,23H,1-2,7-9H2. The Labute approximate surface area is 162 Å². The van der Waals surface area contributed by atoms with Gasteiger partial charge in [-0.05, 0) is 37.4 Å². The highest BCUT2D eigenvalue weighted by Gasteiger charge is 2.35. The molecule has 6 rings (SSSR count). The molecule has 10 heteroatoms. The van der Waals surface area contributed by atoms with Gasteiger partial charge in [-0.15, -0.1) is 24.5 Å². The fourth-order valence-electron chi connectivity index (χ4n) is 3.93. The van der Waals surface area contributed by atoms with E-state index in [1.807, 2.05) is 4.90 Å². The number of anilines is 1. The second kappa shape index (κ2) is 6.63. The molecule has 0 aliphatic carbocycles. The minimum Gasteiger partial charge on any atom is -0.422 e. The molecule has 5 heterocycles. The Morgan fingerprint density at radius 3 is 2.86 bits per heavy atom. The summed E-state index contributed by atoms with van der Waals surface area (Å²) in [5.74, 6) is 0.104. The van der Waals surface area contributed by atoms with Gasteiger partial charge in [-0.25, -0.2) is 4.98 Å². The number of thiazole rings is 1. The maximum Gasteiger partial charge on any atom is 0.573 e. The van der Waals surface area contributed by atoms with Crippen LogP contribution in [0.25, 0.3) is 21.7 Å². The predicted molar refractivity (Wildman–Crippen MR) is 98.5 cm³/mol. The van der Waals surface area contributed by atoms with Crippen molar-refractivity contribution in [2.75, 3.05) is 24.5 Å². The summed E-state index contributed by atoms with van der Waals surface area (Å²) >= 11 is 1.38. The lowest BCUT2D eigenvalue weighted by Gasteiger charge is -2.22. The Morgan fingerprint density at radius 2 is 2.14 bits per heavy atom. The van der Waals surface area contributed by atoms with Crippen molar-refractivity contribution in [2.45, 2.75) is 25.2 Å². The van der Waals surface area contributed by atoms with Crippen LogP contribution in [0.3, 0.4) is 0 Å². The monoisotopic (exact) mass is 410 g/mol. The molecule has 3 saturated heterocycles. The fourth-order valence-corrected chi connectivity index (χ4v) is 4.59. The fraction of sp³-hybridized carbons (Fsp3) is 0.444. The molecule has 6 nitrogen and oxygen atoms in total. The van der Waals surface area contributed by atoms with E-state index in [1.165, 1.54) is 23.5 Å². The Hall–Kier alpha value is -2.33. The van der Waals surface area contributed by atoms with E-state index < -0.39 is 6.36 Å². The van der Waals surface area contributed by atoms with Crippen LogP contribution in [-0.4, -0.2) is 42.0 Å². The highest BCUT2D eigenvalue weighted by Crippen LogP contribution is 2.40. The summed E-state index contributed by atoms with van der Waals surface area (Å²) in [6.45, 7) is 2.41. The van der Waals surface area contributed by atoms with Crippen molar-refractivity contribution in [3.8, 4) is 16.3 Å². The van der Waals surface area contributed by atoms with Crippen LogP contribution in [0.5, 0.6) is 5.75 Å². The number of piperidine rings is 1. The van der Waals surface area contributed by atoms with Crippen LogP contribution >= 0.6 is 11.3 Å². The quantitative estimate of drug-likeness (QED) is 0.703.